The number of aryl methyl sites for hydroxylation is 1. The third-order valence-electron chi connectivity index (χ3n) is 2.53. The summed E-state index contributed by atoms with van der Waals surface area (Å²) >= 11 is 0. The molecule has 0 aliphatic rings. The van der Waals surface area contributed by atoms with Gasteiger partial charge in [0.1, 0.15) is 0 Å². The van der Waals surface area contributed by atoms with Gasteiger partial charge >= 0.3 is 5.69 Å². The number of pyridine rings is 1. The smallest absolute Gasteiger partial charge is 0.311 e. The van der Waals surface area contributed by atoms with E-state index >= 15 is 0 Å². The van der Waals surface area contributed by atoms with E-state index in [9.17, 15) is 10.1 Å². The van der Waals surface area contributed by atoms with Gasteiger partial charge in [-0.15, -0.1) is 0 Å². The van der Waals surface area contributed by atoms with Crippen LogP contribution in [0.5, 0.6) is 0 Å². The number of likely N-dealkylation sites (N-methyl/N-ethyl adjacent to an activating group) is 1. The number of anilines is 1. The summed E-state index contributed by atoms with van der Waals surface area (Å²) in [5, 5.41) is 13.8. The van der Waals surface area contributed by atoms with Crippen molar-refractivity contribution < 1.29 is 4.92 Å². The van der Waals surface area contributed by atoms with E-state index in [1.54, 1.807) is 13.1 Å². The van der Waals surface area contributed by atoms with Gasteiger partial charge in [-0.1, -0.05) is 6.92 Å². The molecular formula is C11H18N4O2. The van der Waals surface area contributed by atoms with Gasteiger partial charge in [-0.2, -0.15) is 0 Å². The van der Waals surface area contributed by atoms with Crippen molar-refractivity contribution in [1.29, 1.82) is 0 Å². The van der Waals surface area contributed by atoms with Crippen LogP contribution in [0.25, 0.3) is 0 Å². The lowest BCUT2D eigenvalue weighted by atomic mass is 10.3. The van der Waals surface area contributed by atoms with Crippen LogP contribution >= 0.6 is 0 Å². The lowest BCUT2D eigenvalue weighted by Crippen LogP contribution is -2.25. The first-order valence-corrected chi connectivity index (χ1v) is 5.58. The van der Waals surface area contributed by atoms with Gasteiger partial charge in [-0.3, -0.25) is 10.1 Å². The zero-order valence-corrected chi connectivity index (χ0v) is 10.4. The molecule has 6 heteroatoms. The minimum atomic E-state index is -0.411. The molecular weight excluding hydrogens is 220 g/mol. The summed E-state index contributed by atoms with van der Waals surface area (Å²) in [7, 11) is 2.00. The van der Waals surface area contributed by atoms with E-state index in [2.05, 4.69) is 22.1 Å². The molecule has 0 bridgehead atoms. The number of nitro groups is 1. The maximum absolute atomic E-state index is 10.8. The summed E-state index contributed by atoms with van der Waals surface area (Å²) in [5.74, 6) is 0.338. The molecule has 94 valence electrons. The van der Waals surface area contributed by atoms with E-state index in [4.69, 9.17) is 0 Å². The fourth-order valence-electron chi connectivity index (χ4n) is 1.35. The normalized spacial score (nSPS) is 10.6. The molecule has 0 aromatic carbocycles. The lowest BCUT2D eigenvalue weighted by Gasteiger charge is -2.14. The SMILES string of the molecule is CCN(C)CCNc1ncc(C)cc1[N+](=O)[O-]. The highest BCUT2D eigenvalue weighted by Gasteiger charge is 2.14. The molecule has 17 heavy (non-hydrogen) atoms. The molecule has 0 saturated heterocycles. The molecule has 1 aromatic heterocycles. The number of rotatable bonds is 6. The predicted octanol–water partition coefficient (Wildman–Crippen LogP) is 1.66. The van der Waals surface area contributed by atoms with Crippen LogP contribution in [-0.2, 0) is 0 Å². The Morgan fingerprint density at radius 2 is 2.29 bits per heavy atom. The largest absolute Gasteiger partial charge is 0.363 e. The van der Waals surface area contributed by atoms with E-state index in [0.717, 1.165) is 18.7 Å². The molecule has 0 saturated carbocycles. The summed E-state index contributed by atoms with van der Waals surface area (Å²) in [6.45, 7) is 6.26. The van der Waals surface area contributed by atoms with Crippen molar-refractivity contribution in [1.82, 2.24) is 9.88 Å². The summed E-state index contributed by atoms with van der Waals surface area (Å²) in [6, 6.07) is 1.53. The maximum atomic E-state index is 10.8. The van der Waals surface area contributed by atoms with Crippen molar-refractivity contribution in [3.63, 3.8) is 0 Å². The molecule has 1 rings (SSSR count). The first kappa shape index (κ1) is 13.4. The average molecular weight is 238 g/mol. The average Bonchev–Trinajstić information content (AvgIpc) is 2.30. The highest BCUT2D eigenvalue weighted by atomic mass is 16.6. The van der Waals surface area contributed by atoms with Gasteiger partial charge in [0.25, 0.3) is 0 Å². The molecule has 0 atom stereocenters. The Morgan fingerprint density at radius 3 is 2.88 bits per heavy atom. The third-order valence-corrected chi connectivity index (χ3v) is 2.53. The van der Waals surface area contributed by atoms with Crippen molar-refractivity contribution in [3.8, 4) is 0 Å². The summed E-state index contributed by atoms with van der Waals surface area (Å²) < 4.78 is 0. The Labute approximate surface area is 101 Å². The number of nitrogens with one attached hydrogen (secondary N) is 1. The van der Waals surface area contributed by atoms with E-state index < -0.39 is 4.92 Å². The first-order valence-electron chi connectivity index (χ1n) is 5.58. The van der Waals surface area contributed by atoms with Crippen LogP contribution in [0.1, 0.15) is 12.5 Å². The molecule has 0 unspecified atom stereocenters. The molecule has 0 fully saturated rings. The molecule has 6 nitrogen and oxygen atoms in total. The standard InChI is InChI=1S/C11H18N4O2/c1-4-14(3)6-5-12-11-10(15(16)17)7-9(2)8-13-11/h7-8H,4-6H2,1-3H3,(H,12,13). The highest BCUT2D eigenvalue weighted by Crippen LogP contribution is 2.21. The van der Waals surface area contributed by atoms with Gasteiger partial charge in [0.15, 0.2) is 0 Å². The van der Waals surface area contributed by atoms with Crippen LogP contribution in [0, 0.1) is 17.0 Å². The number of aromatic nitrogens is 1. The Bertz CT molecular complexity index is 395. The van der Waals surface area contributed by atoms with Crippen molar-refractivity contribution in [2.45, 2.75) is 13.8 Å². The molecule has 0 amide bonds. The molecule has 1 N–H and O–H groups in total. The lowest BCUT2D eigenvalue weighted by molar-refractivity contribution is -0.384. The molecule has 0 spiro atoms. The van der Waals surface area contributed by atoms with Crippen molar-refractivity contribution in [2.24, 2.45) is 0 Å². The van der Waals surface area contributed by atoms with Crippen LogP contribution in [0.15, 0.2) is 12.3 Å². The Morgan fingerprint density at radius 1 is 1.59 bits per heavy atom. The molecule has 1 heterocycles. The zero-order chi connectivity index (χ0) is 12.8. The topological polar surface area (TPSA) is 71.3 Å². The zero-order valence-electron chi connectivity index (χ0n) is 10.4. The van der Waals surface area contributed by atoms with Gasteiger partial charge in [-0.05, 0) is 26.1 Å². The highest BCUT2D eigenvalue weighted by molar-refractivity contribution is 5.56. The summed E-state index contributed by atoms with van der Waals surface area (Å²) in [4.78, 5) is 16.6. The van der Waals surface area contributed by atoms with Gasteiger partial charge < -0.3 is 10.2 Å². The quantitative estimate of drug-likeness (QED) is 0.603. The minimum Gasteiger partial charge on any atom is -0.363 e. The molecule has 0 aliphatic carbocycles. The van der Waals surface area contributed by atoms with E-state index in [-0.39, 0.29) is 5.69 Å². The maximum Gasteiger partial charge on any atom is 0.311 e. The van der Waals surface area contributed by atoms with E-state index in [0.29, 0.717) is 12.4 Å². The monoisotopic (exact) mass is 238 g/mol. The van der Waals surface area contributed by atoms with Gasteiger partial charge in [0, 0.05) is 25.4 Å². The molecule has 0 radical (unpaired) electrons. The van der Waals surface area contributed by atoms with Crippen molar-refractivity contribution in [2.75, 3.05) is 32.0 Å². The van der Waals surface area contributed by atoms with Crippen LogP contribution in [0.4, 0.5) is 11.5 Å². The van der Waals surface area contributed by atoms with Crippen LogP contribution in [0.2, 0.25) is 0 Å². The number of hydrogen-bond acceptors (Lipinski definition) is 5. The van der Waals surface area contributed by atoms with Gasteiger partial charge in [0.05, 0.1) is 4.92 Å². The fourth-order valence-corrected chi connectivity index (χ4v) is 1.35. The predicted molar refractivity (Wildman–Crippen MR) is 67.3 cm³/mol. The van der Waals surface area contributed by atoms with Crippen LogP contribution in [-0.4, -0.2) is 41.5 Å². The number of nitrogens with zero attached hydrogens (tertiary/aromatic N) is 3. The molecule has 0 aliphatic heterocycles. The van der Waals surface area contributed by atoms with Crippen LogP contribution < -0.4 is 5.32 Å². The summed E-state index contributed by atoms with van der Waals surface area (Å²) in [6.07, 6.45) is 1.62. The summed E-state index contributed by atoms with van der Waals surface area (Å²) in [5.41, 5.74) is 0.817. The fraction of sp³-hybridized carbons (Fsp3) is 0.545. The van der Waals surface area contributed by atoms with Crippen molar-refractivity contribution in [3.05, 3.63) is 27.9 Å². The Balaban J connectivity index is 2.67. The minimum absolute atomic E-state index is 0.0316. The second kappa shape index (κ2) is 6.15. The second-order valence-electron chi connectivity index (χ2n) is 3.96. The third kappa shape index (κ3) is 3.99. The Kier molecular flexibility index (Phi) is 4.84. The first-order chi connectivity index (χ1) is 8.04. The second-order valence-corrected chi connectivity index (χ2v) is 3.96. The van der Waals surface area contributed by atoms with Gasteiger partial charge in [-0.25, -0.2) is 4.98 Å². The number of hydrogen-bond donors (Lipinski definition) is 1. The Hall–Kier alpha value is -1.69. The van der Waals surface area contributed by atoms with E-state index in [1.165, 1.54) is 6.07 Å². The molecule has 1 aromatic rings. The van der Waals surface area contributed by atoms with E-state index in [1.807, 2.05) is 7.05 Å². The van der Waals surface area contributed by atoms with Gasteiger partial charge in [0.2, 0.25) is 5.82 Å². The van der Waals surface area contributed by atoms with Crippen molar-refractivity contribution >= 4 is 11.5 Å². The van der Waals surface area contributed by atoms with Crippen LogP contribution in [0.3, 0.4) is 0 Å².